The zero-order valence-corrected chi connectivity index (χ0v) is 48.8. The molecule has 0 aliphatic carbocycles. The number of likely N-dealkylation sites (N-methyl/N-ethyl adjacent to an activating group) is 1. The molecule has 0 saturated carbocycles. The number of carbonyl (C=O) groups is 2. The molecule has 3 unspecified atom stereocenters. The van der Waals surface area contributed by atoms with E-state index < -0.39 is 20.0 Å². The summed E-state index contributed by atoms with van der Waals surface area (Å²) in [5.41, 5.74) is 0. The number of allylic oxidation sites excluding steroid dienone is 9. The van der Waals surface area contributed by atoms with E-state index in [4.69, 9.17) is 13.8 Å². The molecule has 72 heavy (non-hydrogen) atoms. The normalized spacial score (nSPS) is 14.2. The van der Waals surface area contributed by atoms with Crippen LogP contribution >= 0.6 is 7.82 Å². The van der Waals surface area contributed by atoms with E-state index in [0.717, 1.165) is 77.0 Å². The van der Waals surface area contributed by atoms with E-state index in [1.165, 1.54) is 154 Å². The van der Waals surface area contributed by atoms with Crippen LogP contribution in [0.15, 0.2) is 60.8 Å². The van der Waals surface area contributed by atoms with Crippen molar-refractivity contribution in [1.82, 2.24) is 5.32 Å². The standard InChI is InChI=1S/C62H115N2O7P/c1-7-10-13-16-19-22-25-28-30-31-32-33-35-36-39-42-45-48-51-54-61(65)63-59(58-70-72(67,68)69-57-56-64(4,5)6)60(53-50-47-44-41-38-27-24-21-18-15-12-9-3)71-62(66)55-52-49-46-43-40-37-34-29-26-23-20-17-14-11-8-2/h19,22,28,30,32-33,36,39,50,53,59-60H,7-18,20-21,23-27,29,31,34-35,37-38,40-49,51-52,54-58H2,1-6H3,(H-,63,65,67,68)/p+1/b22-19-,30-28-,33-32-,39-36-,53-50+. The Kier molecular flexibility index (Phi) is 50.5. The number of quaternary nitrogens is 1. The number of hydrogen-bond acceptors (Lipinski definition) is 6. The predicted octanol–water partition coefficient (Wildman–Crippen LogP) is 18.3. The van der Waals surface area contributed by atoms with Crippen LogP contribution in [0.2, 0.25) is 0 Å². The Morgan fingerprint density at radius 2 is 0.847 bits per heavy atom. The van der Waals surface area contributed by atoms with Crippen LogP contribution in [0.1, 0.15) is 271 Å². The van der Waals surface area contributed by atoms with Gasteiger partial charge in [0.1, 0.15) is 19.3 Å². The number of esters is 1. The van der Waals surface area contributed by atoms with E-state index >= 15 is 0 Å². The largest absolute Gasteiger partial charge is 0.472 e. The second-order valence-electron chi connectivity index (χ2n) is 21.5. The Hall–Kier alpha value is -2.29. The second kappa shape index (κ2) is 52.2. The number of nitrogens with zero attached hydrogens (tertiary/aromatic N) is 1. The van der Waals surface area contributed by atoms with Crippen LogP contribution in [0.3, 0.4) is 0 Å². The highest BCUT2D eigenvalue weighted by Crippen LogP contribution is 2.43. The summed E-state index contributed by atoms with van der Waals surface area (Å²) in [5.74, 6) is -0.535. The third kappa shape index (κ3) is 52.6. The molecule has 0 aromatic rings. The van der Waals surface area contributed by atoms with Crippen molar-refractivity contribution in [3.63, 3.8) is 0 Å². The summed E-state index contributed by atoms with van der Waals surface area (Å²) in [6.07, 6.45) is 65.0. The lowest BCUT2D eigenvalue weighted by molar-refractivity contribution is -0.870. The molecule has 0 saturated heterocycles. The number of phosphoric acid groups is 1. The summed E-state index contributed by atoms with van der Waals surface area (Å²) in [4.78, 5) is 37.6. The first kappa shape index (κ1) is 69.7. The first-order valence-corrected chi connectivity index (χ1v) is 31.6. The minimum atomic E-state index is -4.45. The van der Waals surface area contributed by atoms with Gasteiger partial charge >= 0.3 is 13.8 Å². The highest BCUT2D eigenvalue weighted by Gasteiger charge is 2.30. The van der Waals surface area contributed by atoms with Gasteiger partial charge in [-0.1, -0.05) is 242 Å². The number of phosphoric ester groups is 1. The van der Waals surface area contributed by atoms with Gasteiger partial charge in [0.25, 0.3) is 0 Å². The molecule has 0 rings (SSSR count). The van der Waals surface area contributed by atoms with Crippen LogP contribution in [0, 0.1) is 0 Å². The van der Waals surface area contributed by atoms with Crippen molar-refractivity contribution in [2.45, 2.75) is 283 Å². The SMILES string of the molecule is CCCCC/C=C\C/C=C\C/C=C\C/C=C\CCCCCC(=O)NC(COP(=O)(O)OCC[N+](C)(C)C)C(/C=C/CCCCCCCCCCCC)OC(=O)CCCCCCCCCCCCCCCCC. The van der Waals surface area contributed by atoms with Crippen LogP contribution in [-0.2, 0) is 27.9 Å². The summed E-state index contributed by atoms with van der Waals surface area (Å²) in [6, 6.07) is -0.863. The predicted molar refractivity (Wildman–Crippen MR) is 309 cm³/mol. The van der Waals surface area contributed by atoms with E-state index in [2.05, 4.69) is 74.7 Å². The fraction of sp³-hybridized carbons (Fsp3) is 0.806. The van der Waals surface area contributed by atoms with Crippen molar-refractivity contribution in [3.05, 3.63) is 60.8 Å². The maximum Gasteiger partial charge on any atom is 0.472 e. The Morgan fingerprint density at radius 1 is 0.486 bits per heavy atom. The minimum absolute atomic E-state index is 0.0335. The van der Waals surface area contributed by atoms with Crippen LogP contribution < -0.4 is 5.32 Å². The molecule has 420 valence electrons. The molecule has 3 atom stereocenters. The number of carbonyl (C=O) groups excluding carboxylic acids is 2. The Morgan fingerprint density at radius 3 is 1.31 bits per heavy atom. The van der Waals surface area contributed by atoms with Crippen LogP contribution in [0.25, 0.3) is 0 Å². The highest BCUT2D eigenvalue weighted by molar-refractivity contribution is 7.47. The van der Waals surface area contributed by atoms with Crippen molar-refractivity contribution in [2.24, 2.45) is 0 Å². The van der Waals surface area contributed by atoms with Crippen LogP contribution in [-0.4, -0.2) is 74.3 Å². The van der Waals surface area contributed by atoms with Gasteiger partial charge in [-0.3, -0.25) is 18.6 Å². The zero-order valence-electron chi connectivity index (χ0n) is 47.9. The average Bonchev–Trinajstić information content (AvgIpc) is 3.34. The lowest BCUT2D eigenvalue weighted by atomic mass is 10.0. The van der Waals surface area contributed by atoms with Crippen molar-refractivity contribution in [3.8, 4) is 0 Å². The molecule has 10 heteroatoms. The average molecular weight is 1030 g/mol. The summed E-state index contributed by atoms with van der Waals surface area (Å²) in [6.45, 7) is 6.97. The summed E-state index contributed by atoms with van der Waals surface area (Å²) >= 11 is 0. The minimum Gasteiger partial charge on any atom is -0.456 e. The maximum absolute atomic E-state index is 13.5. The van der Waals surface area contributed by atoms with Gasteiger partial charge in [-0.15, -0.1) is 0 Å². The van der Waals surface area contributed by atoms with E-state index in [0.29, 0.717) is 23.9 Å². The fourth-order valence-corrected chi connectivity index (χ4v) is 9.25. The van der Waals surface area contributed by atoms with Crippen molar-refractivity contribution in [1.29, 1.82) is 0 Å². The van der Waals surface area contributed by atoms with Gasteiger partial charge < -0.3 is 19.4 Å². The van der Waals surface area contributed by atoms with Gasteiger partial charge in [-0.2, -0.15) is 0 Å². The molecule has 0 spiro atoms. The van der Waals surface area contributed by atoms with Gasteiger partial charge in [0.2, 0.25) is 5.91 Å². The van der Waals surface area contributed by atoms with Gasteiger partial charge in [0.05, 0.1) is 33.8 Å². The molecule has 0 heterocycles. The molecule has 0 aromatic carbocycles. The first-order chi connectivity index (χ1) is 34.9. The third-order valence-electron chi connectivity index (χ3n) is 13.2. The van der Waals surface area contributed by atoms with E-state index in [9.17, 15) is 19.0 Å². The number of amides is 1. The number of hydrogen-bond donors (Lipinski definition) is 2. The molecule has 0 radical (unpaired) electrons. The molecule has 0 aliphatic heterocycles. The Balaban J connectivity index is 5.35. The monoisotopic (exact) mass is 1030 g/mol. The van der Waals surface area contributed by atoms with Crippen molar-refractivity contribution in [2.75, 3.05) is 40.9 Å². The van der Waals surface area contributed by atoms with Crippen LogP contribution in [0.4, 0.5) is 0 Å². The quantitative estimate of drug-likeness (QED) is 0.0205. The number of ether oxygens (including phenoxy) is 1. The lowest BCUT2D eigenvalue weighted by Crippen LogP contribution is -2.47. The third-order valence-corrected chi connectivity index (χ3v) is 14.2. The number of rotatable bonds is 54. The van der Waals surface area contributed by atoms with Gasteiger partial charge in [0, 0.05) is 12.8 Å². The van der Waals surface area contributed by atoms with Crippen molar-refractivity contribution >= 4 is 19.7 Å². The fourth-order valence-electron chi connectivity index (χ4n) is 8.51. The molecular formula is C62H116N2O7P+. The zero-order chi connectivity index (χ0) is 52.9. The summed E-state index contributed by atoms with van der Waals surface area (Å²) in [5, 5.41) is 3.04. The molecule has 1 amide bonds. The summed E-state index contributed by atoms with van der Waals surface area (Å²) < 4.78 is 30.6. The van der Waals surface area contributed by atoms with Gasteiger partial charge in [0.15, 0.2) is 0 Å². The van der Waals surface area contributed by atoms with Gasteiger partial charge in [-0.25, -0.2) is 4.57 Å². The van der Waals surface area contributed by atoms with Crippen LogP contribution in [0.5, 0.6) is 0 Å². The van der Waals surface area contributed by atoms with Gasteiger partial charge in [-0.05, 0) is 76.7 Å². The van der Waals surface area contributed by atoms with E-state index in [1.807, 2.05) is 33.3 Å². The van der Waals surface area contributed by atoms with E-state index in [-0.39, 0.29) is 31.5 Å². The number of unbranched alkanes of at least 4 members (excludes halogenated alkanes) is 30. The topological polar surface area (TPSA) is 111 Å². The number of nitrogens with one attached hydrogen (secondary N) is 1. The molecule has 0 bridgehead atoms. The Labute approximate surface area is 445 Å². The molecule has 0 fully saturated rings. The highest BCUT2D eigenvalue weighted by atomic mass is 31.2. The smallest absolute Gasteiger partial charge is 0.456 e. The Bertz CT molecular complexity index is 1420. The molecule has 0 aromatic heterocycles. The molecule has 9 nitrogen and oxygen atoms in total. The maximum atomic E-state index is 13.5. The molecule has 2 N–H and O–H groups in total. The summed E-state index contributed by atoms with van der Waals surface area (Å²) in [7, 11) is 1.48. The van der Waals surface area contributed by atoms with E-state index in [1.54, 1.807) is 0 Å². The second-order valence-corrected chi connectivity index (χ2v) is 23.0. The van der Waals surface area contributed by atoms with Crippen molar-refractivity contribution < 1.29 is 37.3 Å². The molecular weight excluding hydrogens is 916 g/mol. The first-order valence-electron chi connectivity index (χ1n) is 30.1. The molecule has 0 aliphatic rings. The lowest BCUT2D eigenvalue weighted by Gasteiger charge is -2.27.